The van der Waals surface area contributed by atoms with Crippen molar-refractivity contribution in [3.05, 3.63) is 46.3 Å². The molecular weight excluding hydrogens is 666 g/mol. The molecule has 1 saturated heterocycles. The molecule has 14 heteroatoms. The van der Waals surface area contributed by atoms with Gasteiger partial charge in [-0.25, -0.2) is 9.59 Å². The Bertz CT molecular complexity index is 1800. The molecule has 6 fully saturated rings. The van der Waals surface area contributed by atoms with E-state index < -0.39 is 106 Å². The summed E-state index contributed by atoms with van der Waals surface area (Å²) in [6.07, 6.45) is -6.31. The van der Waals surface area contributed by atoms with Crippen molar-refractivity contribution in [3.8, 4) is 0 Å². The zero-order valence-corrected chi connectivity index (χ0v) is 29.6. The molecule has 2 heterocycles. The quantitative estimate of drug-likeness (QED) is 0.245. The van der Waals surface area contributed by atoms with E-state index in [1.807, 2.05) is 6.92 Å². The molecule has 51 heavy (non-hydrogen) atoms. The van der Waals surface area contributed by atoms with E-state index in [1.165, 1.54) is 20.1 Å². The van der Waals surface area contributed by atoms with Gasteiger partial charge >= 0.3 is 17.6 Å². The maximum Gasteiger partial charge on any atom is 0.351 e. The fourth-order valence-electron chi connectivity index (χ4n) is 12.9. The zero-order valence-electron chi connectivity index (χ0n) is 29.6. The van der Waals surface area contributed by atoms with Crippen LogP contribution in [0, 0.1) is 34.5 Å². The van der Waals surface area contributed by atoms with Crippen LogP contribution in [0.3, 0.4) is 0 Å². The number of carbonyl (C=O) groups is 2. The van der Waals surface area contributed by atoms with Gasteiger partial charge in [0.1, 0.15) is 35.1 Å². The Balaban J connectivity index is 1.38. The van der Waals surface area contributed by atoms with Crippen LogP contribution in [0.4, 0.5) is 0 Å². The van der Waals surface area contributed by atoms with Crippen LogP contribution in [0.15, 0.2) is 39.5 Å². The van der Waals surface area contributed by atoms with Crippen molar-refractivity contribution < 1.29 is 57.7 Å². The Morgan fingerprint density at radius 3 is 2.43 bits per heavy atom. The fourth-order valence-corrected chi connectivity index (χ4v) is 12.9. The molecule has 5 aliphatic carbocycles. The Hall–Kier alpha value is -2.95. The van der Waals surface area contributed by atoms with Crippen LogP contribution < -0.4 is 5.63 Å². The van der Waals surface area contributed by atoms with Crippen molar-refractivity contribution in [1.29, 1.82) is 0 Å². The van der Waals surface area contributed by atoms with Crippen molar-refractivity contribution in [3.63, 3.8) is 0 Å². The molecule has 8 rings (SSSR count). The number of ether oxygens (including phenoxy) is 6. The monoisotopic (exact) mass is 713 g/mol. The van der Waals surface area contributed by atoms with Gasteiger partial charge in [0, 0.05) is 88.3 Å². The van der Waals surface area contributed by atoms with E-state index in [1.54, 1.807) is 45.6 Å². The van der Waals surface area contributed by atoms with Gasteiger partial charge in [0.2, 0.25) is 0 Å². The van der Waals surface area contributed by atoms with Gasteiger partial charge in [-0.2, -0.15) is 0 Å². The summed E-state index contributed by atoms with van der Waals surface area (Å²) in [5.74, 6) is -4.57. The zero-order chi connectivity index (χ0) is 36.4. The minimum atomic E-state index is -1.99. The van der Waals surface area contributed by atoms with Gasteiger partial charge in [0.05, 0.1) is 24.9 Å². The van der Waals surface area contributed by atoms with E-state index in [9.17, 15) is 29.7 Å². The molecule has 0 radical (unpaired) electrons. The number of fused-ring (bicyclic) bond motifs is 3. The summed E-state index contributed by atoms with van der Waals surface area (Å²) in [7, 11) is 6.11. The number of carbonyl (C=O) groups excluding carboxylic acids is 2. The number of aliphatic hydroxyl groups excluding tert-OH is 2. The van der Waals surface area contributed by atoms with E-state index in [0.29, 0.717) is 24.1 Å². The first-order valence-corrected chi connectivity index (χ1v) is 17.7. The molecule has 1 aromatic heterocycles. The minimum absolute atomic E-state index is 0.0345. The molecule has 1 aliphatic heterocycles. The number of aliphatic hydroxyl groups is 3. The topological polar surface area (TPSA) is 184 Å². The highest BCUT2D eigenvalue weighted by Gasteiger charge is 2.92. The van der Waals surface area contributed by atoms with Gasteiger partial charge in [0.15, 0.2) is 5.60 Å². The first-order valence-electron chi connectivity index (χ1n) is 17.7. The summed E-state index contributed by atoms with van der Waals surface area (Å²) in [5, 5.41) is 38.1. The third-order valence-electron chi connectivity index (χ3n) is 14.0. The number of hydrogen-bond acceptors (Lipinski definition) is 14. The van der Waals surface area contributed by atoms with E-state index >= 15 is 0 Å². The number of rotatable bonds is 9. The normalized spacial score (nSPS) is 46.3. The van der Waals surface area contributed by atoms with Crippen LogP contribution in [0.2, 0.25) is 0 Å². The highest BCUT2D eigenvalue weighted by atomic mass is 16.6. The largest absolute Gasteiger partial charge is 0.455 e. The summed E-state index contributed by atoms with van der Waals surface area (Å²) < 4.78 is 42.8. The summed E-state index contributed by atoms with van der Waals surface area (Å²) in [5.41, 5.74) is -6.55. The van der Waals surface area contributed by atoms with Gasteiger partial charge < -0.3 is 48.2 Å². The Kier molecular flexibility index (Phi) is 8.10. The lowest BCUT2D eigenvalue weighted by Gasteiger charge is -2.70. The van der Waals surface area contributed by atoms with E-state index in [4.69, 9.17) is 32.8 Å². The molecule has 1 spiro atoms. The van der Waals surface area contributed by atoms with Gasteiger partial charge in [-0.15, -0.1) is 0 Å². The predicted octanol–water partition coefficient (Wildman–Crippen LogP) is 0.755. The fraction of sp³-hybridized carbons (Fsp3) is 0.703. The number of nitrogens with zero attached hydrogens (tertiary/aromatic N) is 1. The Morgan fingerprint density at radius 1 is 1.04 bits per heavy atom. The van der Waals surface area contributed by atoms with Crippen molar-refractivity contribution in [2.75, 3.05) is 48.1 Å². The van der Waals surface area contributed by atoms with Crippen LogP contribution in [-0.2, 0) is 33.2 Å². The van der Waals surface area contributed by atoms with Crippen LogP contribution in [0.1, 0.15) is 37.0 Å². The summed E-state index contributed by atoms with van der Waals surface area (Å²) >= 11 is 0. The van der Waals surface area contributed by atoms with E-state index in [-0.39, 0.29) is 25.0 Å². The van der Waals surface area contributed by atoms with Crippen molar-refractivity contribution in [1.82, 2.24) is 4.90 Å². The van der Waals surface area contributed by atoms with Gasteiger partial charge in [-0.1, -0.05) is 25.1 Å². The molecule has 14 nitrogen and oxygen atoms in total. The first kappa shape index (κ1) is 35.1. The van der Waals surface area contributed by atoms with Gasteiger partial charge in [-0.3, -0.25) is 9.69 Å². The maximum absolute atomic E-state index is 14.2. The molecule has 278 valence electrons. The molecule has 15 atom stereocenters. The molecule has 2 aromatic rings. The lowest BCUT2D eigenvalue weighted by atomic mass is 9.42. The highest BCUT2D eigenvalue weighted by Crippen LogP contribution is 2.80. The average Bonchev–Trinajstić information content (AvgIpc) is 3.47. The number of benzene rings is 1. The minimum Gasteiger partial charge on any atom is -0.455 e. The van der Waals surface area contributed by atoms with Crippen LogP contribution in [-0.4, -0.2) is 134 Å². The molecule has 7 unspecified atom stereocenters. The van der Waals surface area contributed by atoms with Crippen LogP contribution in [0.5, 0.6) is 0 Å². The van der Waals surface area contributed by atoms with Crippen molar-refractivity contribution >= 4 is 22.9 Å². The van der Waals surface area contributed by atoms with E-state index in [0.717, 1.165) is 0 Å². The van der Waals surface area contributed by atoms with Crippen LogP contribution in [0.25, 0.3) is 11.0 Å². The second kappa shape index (κ2) is 11.8. The summed E-state index contributed by atoms with van der Waals surface area (Å²) in [4.78, 5) is 42.9. The average molecular weight is 714 g/mol. The smallest absolute Gasteiger partial charge is 0.351 e. The number of para-hydroxylation sites is 1. The molecule has 3 N–H and O–H groups in total. The third kappa shape index (κ3) is 4.08. The van der Waals surface area contributed by atoms with Crippen LogP contribution >= 0.6 is 0 Å². The van der Waals surface area contributed by atoms with Crippen molar-refractivity contribution in [2.24, 2.45) is 34.5 Å². The lowest BCUT2D eigenvalue weighted by molar-refractivity contribution is -0.322. The number of esters is 2. The molecular formula is C37H47NO13. The molecule has 6 aliphatic rings. The third-order valence-corrected chi connectivity index (χ3v) is 14.0. The van der Waals surface area contributed by atoms with Gasteiger partial charge in [0.25, 0.3) is 0 Å². The second-order valence-corrected chi connectivity index (χ2v) is 15.5. The summed E-state index contributed by atoms with van der Waals surface area (Å²) in [6, 6.07) is 7.72. The molecule has 7 bridgehead atoms. The highest BCUT2D eigenvalue weighted by molar-refractivity contribution is 5.93. The standard InChI is InChI=1S/C37H47NO13/c1-7-38-15-34(16-45-3)22(40)13-23(46-4)36-20-14-35(44)30(50-33(43)19-12-18-10-8-9-11-21(18)49-32(19)42)24(20)37(51-17(2)39,29(41)31(35)48-6)25(28(36)38)26(47-5)27(34)36/h8-12,20,22-31,40-41,44H,7,13-16H2,1-6H3/t20?,22-,23+,24?,25?,26-,27?,28?,29+,30-,31+,34?,35-,36?,37-/m1/s1. The number of methoxy groups -OCH3 is 4. The summed E-state index contributed by atoms with van der Waals surface area (Å²) in [6.45, 7) is 4.45. The predicted molar refractivity (Wildman–Crippen MR) is 177 cm³/mol. The Labute approximate surface area is 294 Å². The first-order chi connectivity index (χ1) is 24.4. The Morgan fingerprint density at radius 2 is 1.78 bits per heavy atom. The number of hydrogen-bond donors (Lipinski definition) is 3. The molecule has 0 amide bonds. The van der Waals surface area contributed by atoms with Gasteiger partial charge in [-0.05, 0) is 31.0 Å². The second-order valence-electron chi connectivity index (χ2n) is 15.5. The SMILES string of the molecule is CCN1CC2(COC)C3[C@H](OC)C4C1C3(C1C[C@@]3(O)[C@H](OC(=O)c5cc6ccccc6oc5=O)C1[C@]4(OC(C)=O)[C@@H](O)[C@@H]3OC)[C@@H](OC)C[C@H]2O. The molecule has 1 aromatic carbocycles. The number of piperidine rings is 1. The lowest BCUT2D eigenvalue weighted by Crippen LogP contribution is -2.81. The van der Waals surface area contributed by atoms with E-state index in [2.05, 4.69) is 4.90 Å². The number of likely N-dealkylation sites (tertiary alicyclic amines) is 1. The van der Waals surface area contributed by atoms with Crippen molar-refractivity contribution in [2.45, 2.75) is 80.6 Å². The maximum atomic E-state index is 14.2. The molecule has 5 saturated carbocycles.